The van der Waals surface area contributed by atoms with Crippen molar-refractivity contribution in [3.63, 3.8) is 0 Å². The van der Waals surface area contributed by atoms with Gasteiger partial charge >= 0.3 is 0 Å². The molecular formula is C30H32N2O2. The Morgan fingerprint density at radius 1 is 0.529 bits per heavy atom. The summed E-state index contributed by atoms with van der Waals surface area (Å²) in [5.41, 5.74) is 4.05. The number of unbranched alkanes of at least 4 members (excludes halogenated alkanes) is 6. The van der Waals surface area contributed by atoms with Gasteiger partial charge in [-0.25, -0.2) is 9.97 Å². The molecule has 0 saturated heterocycles. The largest absolute Gasteiger partial charge is 0.287 e. The molecule has 0 fully saturated rings. The summed E-state index contributed by atoms with van der Waals surface area (Å²) >= 11 is 0. The molecule has 0 aliphatic rings. The van der Waals surface area contributed by atoms with Crippen molar-refractivity contribution in [1.29, 1.82) is 0 Å². The van der Waals surface area contributed by atoms with Crippen LogP contribution < -0.4 is 10.9 Å². The van der Waals surface area contributed by atoms with Crippen molar-refractivity contribution in [2.24, 2.45) is 0 Å². The highest BCUT2D eigenvalue weighted by Crippen LogP contribution is 2.28. The molecule has 4 heteroatoms. The summed E-state index contributed by atoms with van der Waals surface area (Å²) in [4.78, 5) is 35.9. The fourth-order valence-electron chi connectivity index (χ4n) is 5.18. The molecule has 174 valence electrons. The maximum Gasteiger partial charge on any atom is 0.214 e. The highest BCUT2D eigenvalue weighted by molar-refractivity contribution is 6.14. The number of fused-ring (bicyclic) bond motifs is 6. The Labute approximate surface area is 199 Å². The molecule has 0 spiro atoms. The van der Waals surface area contributed by atoms with Crippen molar-refractivity contribution in [2.45, 2.75) is 78.1 Å². The molecule has 1 aromatic heterocycles. The first-order valence-electron chi connectivity index (χ1n) is 12.9. The summed E-state index contributed by atoms with van der Waals surface area (Å²) in [6, 6.07) is 12.1. The minimum atomic E-state index is -0.0795. The van der Waals surface area contributed by atoms with Crippen LogP contribution >= 0.6 is 0 Å². The number of aryl methyl sites for hydroxylation is 2. The monoisotopic (exact) mass is 452 g/mol. The summed E-state index contributed by atoms with van der Waals surface area (Å²) in [5, 5.41) is 2.93. The van der Waals surface area contributed by atoms with Crippen LogP contribution in [-0.4, -0.2) is 9.97 Å². The summed E-state index contributed by atoms with van der Waals surface area (Å²) in [6.07, 6.45) is 11.5. The van der Waals surface area contributed by atoms with Crippen LogP contribution in [0.15, 0.2) is 46.0 Å². The van der Waals surface area contributed by atoms with Crippen molar-refractivity contribution in [2.75, 3.05) is 0 Å². The Hall–Kier alpha value is -3.14. The average molecular weight is 453 g/mol. The molecule has 0 aliphatic carbocycles. The van der Waals surface area contributed by atoms with E-state index >= 15 is 0 Å². The Kier molecular flexibility index (Phi) is 6.40. The van der Waals surface area contributed by atoms with Gasteiger partial charge in [0.1, 0.15) is 22.1 Å². The highest BCUT2D eigenvalue weighted by Gasteiger charge is 2.19. The van der Waals surface area contributed by atoms with Crippen LogP contribution in [0, 0.1) is 0 Å². The fourth-order valence-corrected chi connectivity index (χ4v) is 5.18. The molecule has 0 bridgehead atoms. The molecule has 34 heavy (non-hydrogen) atoms. The van der Waals surface area contributed by atoms with Crippen LogP contribution in [0.3, 0.4) is 0 Å². The molecule has 0 atom stereocenters. The lowest BCUT2D eigenvalue weighted by atomic mass is 10.0. The van der Waals surface area contributed by atoms with E-state index in [-0.39, 0.29) is 10.9 Å². The first kappa shape index (κ1) is 22.6. The van der Waals surface area contributed by atoms with Gasteiger partial charge in [-0.2, -0.15) is 0 Å². The average Bonchev–Trinajstić information content (AvgIpc) is 3.29. The third kappa shape index (κ3) is 4.00. The van der Waals surface area contributed by atoms with E-state index in [2.05, 4.69) is 26.0 Å². The third-order valence-corrected chi connectivity index (χ3v) is 7.13. The summed E-state index contributed by atoms with van der Waals surface area (Å²) in [7, 11) is 0. The van der Waals surface area contributed by atoms with Gasteiger partial charge in [0, 0.05) is 21.5 Å². The van der Waals surface area contributed by atoms with E-state index in [1.54, 1.807) is 0 Å². The normalized spacial score (nSPS) is 12.1. The van der Waals surface area contributed by atoms with E-state index in [9.17, 15) is 9.59 Å². The van der Waals surface area contributed by atoms with Gasteiger partial charge < -0.3 is 0 Å². The minimum Gasteiger partial charge on any atom is -0.287 e. The van der Waals surface area contributed by atoms with Crippen LogP contribution in [-0.2, 0) is 12.8 Å². The Morgan fingerprint density at radius 2 is 0.971 bits per heavy atom. The molecule has 0 unspecified atom stereocenters. The molecule has 0 N–H and O–H groups in total. The number of rotatable bonds is 10. The zero-order valence-electron chi connectivity index (χ0n) is 20.2. The smallest absolute Gasteiger partial charge is 0.214 e. The highest BCUT2D eigenvalue weighted by atomic mass is 16.1. The lowest BCUT2D eigenvalue weighted by Crippen LogP contribution is -2.00. The Bertz CT molecular complexity index is 1450. The molecule has 4 nitrogen and oxygen atoms in total. The number of hydrogen-bond donors (Lipinski definition) is 0. The predicted octanol–water partition coefficient (Wildman–Crippen LogP) is 6.93. The molecule has 0 radical (unpaired) electrons. The minimum absolute atomic E-state index is 0.0795. The predicted molar refractivity (Wildman–Crippen MR) is 143 cm³/mol. The van der Waals surface area contributed by atoms with E-state index in [4.69, 9.17) is 9.97 Å². The molecule has 5 aromatic rings. The second-order valence-electron chi connectivity index (χ2n) is 9.66. The van der Waals surface area contributed by atoms with Crippen LogP contribution in [0.25, 0.3) is 43.6 Å². The van der Waals surface area contributed by atoms with Gasteiger partial charge in [-0.1, -0.05) is 76.6 Å². The van der Waals surface area contributed by atoms with Crippen molar-refractivity contribution in [3.8, 4) is 0 Å². The third-order valence-electron chi connectivity index (χ3n) is 7.13. The summed E-state index contributed by atoms with van der Waals surface area (Å²) in [5.74, 6) is 0. The maximum atomic E-state index is 13.2. The first-order valence-corrected chi connectivity index (χ1v) is 12.9. The van der Waals surface area contributed by atoms with Gasteiger partial charge in [-0.3, -0.25) is 9.59 Å². The molecule has 1 heterocycles. The molecular weight excluding hydrogens is 420 g/mol. The van der Waals surface area contributed by atoms with E-state index < -0.39 is 0 Å². The Morgan fingerprint density at radius 3 is 1.38 bits per heavy atom. The van der Waals surface area contributed by atoms with E-state index in [0.717, 1.165) is 36.5 Å². The van der Waals surface area contributed by atoms with Gasteiger partial charge in [0.15, 0.2) is 0 Å². The summed E-state index contributed by atoms with van der Waals surface area (Å²) < 4.78 is 0. The SMILES string of the molecule is CCCCCCc1ccc2c(c1)c(=O)c1nc3c(nc12)c(=O)c1cc(CCCCCC)ccc13. The van der Waals surface area contributed by atoms with Gasteiger partial charge in [0.25, 0.3) is 0 Å². The fraction of sp³-hybridized carbons (Fsp3) is 0.400. The van der Waals surface area contributed by atoms with E-state index in [1.165, 1.54) is 49.7 Å². The van der Waals surface area contributed by atoms with Crippen LogP contribution in [0.1, 0.15) is 76.3 Å². The van der Waals surface area contributed by atoms with Crippen LogP contribution in [0.4, 0.5) is 0 Å². The molecule has 0 amide bonds. The van der Waals surface area contributed by atoms with Crippen LogP contribution in [0.2, 0.25) is 0 Å². The zero-order chi connectivity index (χ0) is 23.7. The topological polar surface area (TPSA) is 59.9 Å². The van der Waals surface area contributed by atoms with E-state index in [1.807, 2.05) is 24.3 Å². The maximum absolute atomic E-state index is 13.2. The molecule has 0 aliphatic heterocycles. The first-order chi connectivity index (χ1) is 16.6. The standard InChI is InChI=1S/C30H32N2O2/c1-3-5-7-9-11-19-13-15-21-23(17-19)29(33)27-25(21)31-28-26(32-27)22-16-14-20(12-10-8-6-4-2)18-24(22)30(28)34/h13-18H,3-12H2,1-2H3. The van der Waals surface area contributed by atoms with Gasteiger partial charge in [-0.05, 0) is 48.9 Å². The quantitative estimate of drug-likeness (QED) is 0.216. The lowest BCUT2D eigenvalue weighted by molar-refractivity contribution is 0.667. The van der Waals surface area contributed by atoms with Crippen molar-refractivity contribution in [3.05, 3.63) is 68.0 Å². The van der Waals surface area contributed by atoms with Crippen molar-refractivity contribution >= 4 is 43.6 Å². The van der Waals surface area contributed by atoms with Gasteiger partial charge in [0.2, 0.25) is 10.9 Å². The van der Waals surface area contributed by atoms with Gasteiger partial charge in [0.05, 0.1) is 0 Å². The second kappa shape index (κ2) is 9.61. The lowest BCUT2D eigenvalue weighted by Gasteiger charge is -2.01. The van der Waals surface area contributed by atoms with E-state index in [0.29, 0.717) is 32.8 Å². The Balaban J connectivity index is 1.56. The summed E-state index contributed by atoms with van der Waals surface area (Å²) in [6.45, 7) is 4.42. The number of benzene rings is 2. The van der Waals surface area contributed by atoms with Crippen molar-refractivity contribution in [1.82, 2.24) is 9.97 Å². The van der Waals surface area contributed by atoms with Gasteiger partial charge in [-0.15, -0.1) is 0 Å². The van der Waals surface area contributed by atoms with Crippen LogP contribution in [0.5, 0.6) is 0 Å². The number of nitrogens with zero attached hydrogens (tertiary/aromatic N) is 2. The second-order valence-corrected chi connectivity index (χ2v) is 9.66. The van der Waals surface area contributed by atoms with Crippen molar-refractivity contribution < 1.29 is 0 Å². The molecule has 5 rings (SSSR count). The number of aromatic nitrogens is 2. The molecule has 4 aromatic carbocycles. The zero-order valence-corrected chi connectivity index (χ0v) is 20.2. The molecule has 0 saturated carbocycles. The number of hydrogen-bond acceptors (Lipinski definition) is 4.